The molecule has 1 aliphatic rings. The molecule has 0 aliphatic carbocycles. The number of hydrogen-bond donors (Lipinski definition) is 3. The number of carbonyl (C=O) groups is 1. The van der Waals surface area contributed by atoms with E-state index in [-0.39, 0.29) is 36.7 Å². The maximum atomic E-state index is 14.4. The van der Waals surface area contributed by atoms with Gasteiger partial charge in [-0.25, -0.2) is 0 Å². The van der Waals surface area contributed by atoms with Crippen molar-refractivity contribution in [3.63, 3.8) is 0 Å². The summed E-state index contributed by atoms with van der Waals surface area (Å²) in [5.41, 5.74) is -0.925. The van der Waals surface area contributed by atoms with Crippen molar-refractivity contribution < 1.29 is 28.5 Å². The van der Waals surface area contributed by atoms with Crippen LogP contribution in [0.2, 0.25) is 5.02 Å². The summed E-state index contributed by atoms with van der Waals surface area (Å²) < 4.78 is 36.6. The van der Waals surface area contributed by atoms with Gasteiger partial charge in [-0.05, 0) is 0 Å². The van der Waals surface area contributed by atoms with Gasteiger partial charge in [-0.3, -0.25) is 0 Å². The molecule has 3 N–H and O–H groups in total. The number of rotatable bonds is 5. The molecule has 0 bridgehead atoms. The zero-order valence-electron chi connectivity index (χ0n) is 18.5. The number of carbonyl (C=O) groups excluding carboxylic acids is 1. The number of amides is 1. The SMILES string of the molecule is O=C(Nc1ccn(C2OC(CO)C(O)C2(F)F)c(=O)n1)c1cc(-n2[se]c3ccccc3c2=O)ccc1Cl. The standard InChI is InChI=1S/C23H17ClF2N4O6Se/c24-14-6-5-11(30-20(34)12-3-1-2-4-16(12)37-30)9-13(14)19(33)27-17-7-8-29(22(35)28-17)21-23(25,26)18(32)15(10-31)36-21/h1-9,15,18,21,31-32H,10H2,(H,27,28,33,35). The fraction of sp³-hybridized carbons (Fsp3) is 0.217. The average Bonchev–Trinajstić information content (AvgIpc) is 3.32. The second-order valence-electron chi connectivity index (χ2n) is 8.14. The molecule has 5 rings (SSSR count). The van der Waals surface area contributed by atoms with Gasteiger partial charge in [-0.1, -0.05) is 0 Å². The van der Waals surface area contributed by atoms with Gasteiger partial charge in [0.15, 0.2) is 6.10 Å². The van der Waals surface area contributed by atoms with Crippen LogP contribution in [0.4, 0.5) is 14.6 Å². The van der Waals surface area contributed by atoms with Crippen LogP contribution < -0.4 is 16.6 Å². The fourth-order valence-corrected chi connectivity index (χ4v) is 6.20. The van der Waals surface area contributed by atoms with Gasteiger partial charge < -0.3 is 10.2 Å². The van der Waals surface area contributed by atoms with Gasteiger partial charge in [0, 0.05) is 0 Å². The summed E-state index contributed by atoms with van der Waals surface area (Å²) >= 11 is 5.88. The predicted octanol–water partition coefficient (Wildman–Crippen LogP) is 1.40. The second kappa shape index (κ2) is 9.60. The second-order valence-corrected chi connectivity index (χ2v) is 10.6. The van der Waals surface area contributed by atoms with Crippen molar-refractivity contribution in [2.24, 2.45) is 0 Å². The first-order valence-electron chi connectivity index (χ1n) is 10.8. The van der Waals surface area contributed by atoms with Crippen molar-refractivity contribution in [1.29, 1.82) is 0 Å². The summed E-state index contributed by atoms with van der Waals surface area (Å²) in [6, 6.07) is 12.8. The van der Waals surface area contributed by atoms with Gasteiger partial charge in [0.25, 0.3) is 0 Å². The summed E-state index contributed by atoms with van der Waals surface area (Å²) in [6.07, 6.45) is -5.17. The Balaban J connectivity index is 1.41. The van der Waals surface area contributed by atoms with Crippen molar-refractivity contribution in [1.82, 2.24) is 13.1 Å². The van der Waals surface area contributed by atoms with Crippen molar-refractivity contribution in [2.45, 2.75) is 24.4 Å². The number of hydrogen-bond acceptors (Lipinski definition) is 7. The van der Waals surface area contributed by atoms with E-state index >= 15 is 0 Å². The average molecular weight is 598 g/mol. The Kier molecular flexibility index (Phi) is 6.60. The first kappa shape index (κ1) is 25.5. The van der Waals surface area contributed by atoms with E-state index in [1.165, 1.54) is 12.1 Å². The fourth-order valence-electron chi connectivity index (χ4n) is 3.92. The topological polar surface area (TPSA) is 136 Å². The van der Waals surface area contributed by atoms with Crippen molar-refractivity contribution in [3.05, 3.63) is 86.2 Å². The minimum atomic E-state index is -3.87. The van der Waals surface area contributed by atoms with Crippen LogP contribution in [-0.4, -0.2) is 68.7 Å². The monoisotopic (exact) mass is 598 g/mol. The van der Waals surface area contributed by atoms with E-state index in [1.807, 2.05) is 12.1 Å². The van der Waals surface area contributed by atoms with Crippen LogP contribution in [0.1, 0.15) is 16.6 Å². The third kappa shape index (κ3) is 4.43. The number of anilines is 1. The van der Waals surface area contributed by atoms with Crippen molar-refractivity contribution >= 4 is 47.7 Å². The van der Waals surface area contributed by atoms with Gasteiger partial charge >= 0.3 is 180 Å². The number of benzene rings is 2. The molecule has 14 heteroatoms. The zero-order valence-corrected chi connectivity index (χ0v) is 21.0. The Bertz CT molecular complexity index is 1640. The Morgan fingerprint density at radius 3 is 2.65 bits per heavy atom. The first-order chi connectivity index (χ1) is 17.6. The van der Waals surface area contributed by atoms with E-state index in [0.29, 0.717) is 15.6 Å². The maximum absolute atomic E-state index is 14.4. The molecule has 2 aromatic carbocycles. The Hall–Kier alpha value is -3.19. The number of alkyl halides is 2. The third-order valence-electron chi connectivity index (χ3n) is 5.80. The number of nitrogens with one attached hydrogen (secondary N) is 1. The zero-order chi connectivity index (χ0) is 26.5. The summed E-state index contributed by atoms with van der Waals surface area (Å²) in [5, 5.41) is 21.8. The summed E-state index contributed by atoms with van der Waals surface area (Å²) in [4.78, 5) is 41.8. The normalized spacial score (nSPS) is 20.8. The molecule has 1 saturated heterocycles. The van der Waals surface area contributed by atoms with Crippen molar-refractivity contribution in [3.8, 4) is 5.69 Å². The van der Waals surface area contributed by atoms with Crippen LogP contribution in [0.25, 0.3) is 15.3 Å². The van der Waals surface area contributed by atoms with E-state index in [4.69, 9.17) is 21.4 Å². The molecule has 3 atom stereocenters. The molecule has 192 valence electrons. The van der Waals surface area contributed by atoms with Crippen LogP contribution in [0.3, 0.4) is 0 Å². The molecule has 0 saturated carbocycles. The predicted molar refractivity (Wildman–Crippen MR) is 130 cm³/mol. The molecule has 0 spiro atoms. The Morgan fingerprint density at radius 1 is 1.22 bits per heavy atom. The van der Waals surface area contributed by atoms with Gasteiger partial charge in [0.05, 0.1) is 6.61 Å². The Labute approximate surface area is 217 Å². The van der Waals surface area contributed by atoms with E-state index in [9.17, 15) is 28.3 Å². The molecule has 10 nitrogen and oxygen atoms in total. The number of fused-ring (bicyclic) bond motifs is 1. The molecular formula is C23H17ClF2N4O6Se. The molecule has 1 aliphatic heterocycles. The van der Waals surface area contributed by atoms with E-state index in [0.717, 1.165) is 16.5 Å². The van der Waals surface area contributed by atoms with Gasteiger partial charge in [0.1, 0.15) is 6.10 Å². The van der Waals surface area contributed by atoms with Crippen molar-refractivity contribution in [2.75, 3.05) is 11.9 Å². The van der Waals surface area contributed by atoms with Gasteiger partial charge in [-0.2, -0.15) is 8.78 Å². The third-order valence-corrected chi connectivity index (χ3v) is 8.47. The summed E-state index contributed by atoms with van der Waals surface area (Å²) in [6.45, 7) is -0.875. The van der Waals surface area contributed by atoms with Crippen LogP contribution in [0, 0.1) is 0 Å². The molecular weight excluding hydrogens is 581 g/mol. The first-order valence-corrected chi connectivity index (χ1v) is 12.8. The minimum absolute atomic E-state index is 0.00395. The molecule has 3 heterocycles. The number of aliphatic hydroxyl groups excluding tert-OH is 2. The van der Waals surface area contributed by atoms with Gasteiger partial charge in [0.2, 0.25) is 0 Å². The number of aliphatic hydroxyl groups is 2. The number of halogens is 3. The molecule has 3 unspecified atom stereocenters. The molecule has 0 radical (unpaired) electrons. The summed E-state index contributed by atoms with van der Waals surface area (Å²) in [7, 11) is 0. The number of ether oxygens (including phenoxy) is 1. The Morgan fingerprint density at radius 2 is 1.97 bits per heavy atom. The number of aromatic nitrogens is 3. The van der Waals surface area contributed by atoms with Gasteiger partial charge in [-0.15, -0.1) is 0 Å². The molecule has 1 fully saturated rings. The molecule has 4 aromatic rings. The van der Waals surface area contributed by atoms with Crippen LogP contribution in [-0.2, 0) is 4.74 Å². The number of nitrogens with zero attached hydrogens (tertiary/aromatic N) is 3. The molecule has 1 amide bonds. The van der Waals surface area contributed by atoms with E-state index in [1.54, 1.807) is 21.8 Å². The van der Waals surface area contributed by atoms with Crippen LogP contribution in [0.15, 0.2) is 64.3 Å². The molecule has 37 heavy (non-hydrogen) atoms. The molecule has 2 aromatic heterocycles. The van der Waals surface area contributed by atoms with E-state index < -0.39 is 42.6 Å². The van der Waals surface area contributed by atoms with E-state index in [2.05, 4.69) is 10.3 Å². The summed E-state index contributed by atoms with van der Waals surface area (Å²) in [5.74, 6) is -4.86. The van der Waals surface area contributed by atoms with Crippen LogP contribution >= 0.6 is 11.6 Å². The quantitative estimate of drug-likeness (QED) is 0.296. The van der Waals surface area contributed by atoms with Crippen LogP contribution in [0.5, 0.6) is 0 Å².